The molecule has 0 aliphatic heterocycles. The maximum absolute atomic E-state index is 5.71. The minimum absolute atomic E-state index is 0.617. The van der Waals surface area contributed by atoms with Gasteiger partial charge in [-0.1, -0.05) is 0 Å². The second-order valence-corrected chi connectivity index (χ2v) is 3.96. The lowest BCUT2D eigenvalue weighted by Crippen LogP contribution is -1.92. The molecular weight excluding hydrogens is 214 g/mol. The first-order chi connectivity index (χ1) is 8.24. The summed E-state index contributed by atoms with van der Waals surface area (Å²) < 4.78 is 1.92. The van der Waals surface area contributed by atoms with E-state index in [2.05, 4.69) is 15.2 Å². The maximum atomic E-state index is 5.71. The van der Waals surface area contributed by atoms with Crippen LogP contribution in [0.15, 0.2) is 36.8 Å². The Hall–Kier alpha value is -2.43. The van der Waals surface area contributed by atoms with Gasteiger partial charge in [-0.3, -0.25) is 9.38 Å². The average molecular weight is 225 g/mol. The number of aromatic nitrogens is 4. The van der Waals surface area contributed by atoms with Crippen molar-refractivity contribution in [3.8, 4) is 11.4 Å². The minimum Gasteiger partial charge on any atom is -0.397 e. The van der Waals surface area contributed by atoms with Crippen molar-refractivity contribution >= 4 is 11.3 Å². The monoisotopic (exact) mass is 225 g/mol. The third-order valence-electron chi connectivity index (χ3n) is 2.58. The van der Waals surface area contributed by atoms with Gasteiger partial charge in [0.1, 0.15) is 0 Å². The minimum atomic E-state index is 0.617. The smallest absolute Gasteiger partial charge is 0.169 e. The van der Waals surface area contributed by atoms with Crippen LogP contribution in [0.4, 0.5) is 5.69 Å². The van der Waals surface area contributed by atoms with Gasteiger partial charge in [0.05, 0.1) is 5.69 Å². The van der Waals surface area contributed by atoms with E-state index in [-0.39, 0.29) is 0 Å². The van der Waals surface area contributed by atoms with Gasteiger partial charge in [0.2, 0.25) is 0 Å². The summed E-state index contributed by atoms with van der Waals surface area (Å²) in [5, 5.41) is 8.30. The molecule has 0 spiro atoms. The molecule has 0 atom stereocenters. The van der Waals surface area contributed by atoms with Gasteiger partial charge in [-0.15, -0.1) is 10.2 Å². The Morgan fingerprint density at radius 1 is 1.18 bits per heavy atom. The highest BCUT2D eigenvalue weighted by Crippen LogP contribution is 2.19. The van der Waals surface area contributed by atoms with Crippen molar-refractivity contribution in [1.29, 1.82) is 0 Å². The molecule has 0 aliphatic rings. The van der Waals surface area contributed by atoms with E-state index < -0.39 is 0 Å². The van der Waals surface area contributed by atoms with Gasteiger partial charge in [-0.25, -0.2) is 0 Å². The zero-order valence-corrected chi connectivity index (χ0v) is 9.33. The van der Waals surface area contributed by atoms with Crippen LogP contribution in [0.3, 0.4) is 0 Å². The fourth-order valence-electron chi connectivity index (χ4n) is 1.77. The molecule has 5 nitrogen and oxygen atoms in total. The Balaban J connectivity index is 2.24. The van der Waals surface area contributed by atoms with E-state index in [0.29, 0.717) is 5.69 Å². The molecule has 0 saturated carbocycles. The van der Waals surface area contributed by atoms with Crippen molar-refractivity contribution in [2.45, 2.75) is 6.92 Å². The molecule has 2 N–H and O–H groups in total. The van der Waals surface area contributed by atoms with Crippen LogP contribution in [0, 0.1) is 6.92 Å². The summed E-state index contributed by atoms with van der Waals surface area (Å²) in [5.41, 5.74) is 9.17. The standard InChI is InChI=1S/C12H11N5/c1-8-2-3-17-11(4-8)15-16-12(17)9-5-10(13)7-14-6-9/h2-7H,13H2,1H3. The summed E-state index contributed by atoms with van der Waals surface area (Å²) in [5.74, 6) is 0.750. The third kappa shape index (κ3) is 1.61. The Morgan fingerprint density at radius 2 is 2.06 bits per heavy atom. The van der Waals surface area contributed by atoms with Crippen molar-refractivity contribution in [3.63, 3.8) is 0 Å². The molecule has 0 radical (unpaired) electrons. The van der Waals surface area contributed by atoms with Gasteiger partial charge < -0.3 is 5.73 Å². The molecule has 84 valence electrons. The van der Waals surface area contributed by atoms with Crippen molar-refractivity contribution in [2.75, 3.05) is 5.73 Å². The molecule has 0 unspecified atom stereocenters. The zero-order chi connectivity index (χ0) is 11.8. The molecule has 5 heteroatoms. The van der Waals surface area contributed by atoms with E-state index in [9.17, 15) is 0 Å². The van der Waals surface area contributed by atoms with Crippen LogP contribution in [0.2, 0.25) is 0 Å². The summed E-state index contributed by atoms with van der Waals surface area (Å²) in [6.45, 7) is 2.02. The number of rotatable bonds is 1. The van der Waals surface area contributed by atoms with Crippen LogP contribution in [0.25, 0.3) is 17.0 Å². The second-order valence-electron chi connectivity index (χ2n) is 3.96. The molecule has 0 aliphatic carbocycles. The third-order valence-corrected chi connectivity index (χ3v) is 2.58. The number of pyridine rings is 2. The zero-order valence-electron chi connectivity index (χ0n) is 9.33. The Morgan fingerprint density at radius 3 is 2.88 bits per heavy atom. The number of anilines is 1. The van der Waals surface area contributed by atoms with Gasteiger partial charge in [-0.05, 0) is 30.7 Å². The molecule has 3 aromatic rings. The van der Waals surface area contributed by atoms with Crippen molar-refractivity contribution in [2.24, 2.45) is 0 Å². The number of hydrogen-bond donors (Lipinski definition) is 1. The van der Waals surface area contributed by atoms with E-state index in [1.54, 1.807) is 12.4 Å². The lowest BCUT2D eigenvalue weighted by Gasteiger charge is -2.00. The highest BCUT2D eigenvalue weighted by atomic mass is 15.2. The van der Waals surface area contributed by atoms with Crippen LogP contribution in [-0.2, 0) is 0 Å². The second kappa shape index (κ2) is 3.55. The fraction of sp³-hybridized carbons (Fsp3) is 0.0833. The van der Waals surface area contributed by atoms with Gasteiger partial charge in [0, 0.05) is 24.2 Å². The highest BCUT2D eigenvalue weighted by Gasteiger charge is 2.08. The number of nitrogens with zero attached hydrogens (tertiary/aromatic N) is 4. The molecule has 3 rings (SSSR count). The normalized spacial score (nSPS) is 10.9. The largest absolute Gasteiger partial charge is 0.397 e. The first-order valence-electron chi connectivity index (χ1n) is 5.26. The SMILES string of the molecule is Cc1ccn2c(-c3cncc(N)c3)nnc2c1. The molecule has 0 aromatic carbocycles. The van der Waals surface area contributed by atoms with Crippen LogP contribution in [-0.4, -0.2) is 19.6 Å². The summed E-state index contributed by atoms with van der Waals surface area (Å²) in [6.07, 6.45) is 5.28. The van der Waals surface area contributed by atoms with Crippen LogP contribution < -0.4 is 5.73 Å². The Labute approximate surface area is 97.9 Å². The van der Waals surface area contributed by atoms with Crippen LogP contribution >= 0.6 is 0 Å². The topological polar surface area (TPSA) is 69.1 Å². The Kier molecular flexibility index (Phi) is 2.04. The van der Waals surface area contributed by atoms with Crippen molar-refractivity contribution < 1.29 is 0 Å². The first kappa shape index (κ1) is 9.77. The fourth-order valence-corrected chi connectivity index (χ4v) is 1.77. The lowest BCUT2D eigenvalue weighted by atomic mass is 10.2. The highest BCUT2D eigenvalue weighted by molar-refractivity contribution is 5.62. The predicted molar refractivity (Wildman–Crippen MR) is 65.4 cm³/mol. The first-order valence-corrected chi connectivity index (χ1v) is 5.26. The maximum Gasteiger partial charge on any atom is 0.169 e. The summed E-state index contributed by atoms with van der Waals surface area (Å²) in [7, 11) is 0. The predicted octanol–water partition coefficient (Wildman–Crippen LogP) is 1.68. The molecule has 0 fully saturated rings. The Bertz CT molecular complexity index is 686. The number of aryl methyl sites for hydroxylation is 1. The molecule has 0 bridgehead atoms. The summed E-state index contributed by atoms with van der Waals surface area (Å²) in [6, 6.07) is 5.83. The van der Waals surface area contributed by atoms with Crippen molar-refractivity contribution in [3.05, 3.63) is 42.4 Å². The van der Waals surface area contributed by atoms with Gasteiger partial charge in [0.15, 0.2) is 11.5 Å². The molecule has 17 heavy (non-hydrogen) atoms. The molecule has 3 heterocycles. The van der Waals surface area contributed by atoms with Crippen LogP contribution in [0.5, 0.6) is 0 Å². The lowest BCUT2D eigenvalue weighted by molar-refractivity contribution is 1.11. The number of nitrogens with two attached hydrogens (primary N) is 1. The van der Waals surface area contributed by atoms with Crippen molar-refractivity contribution in [1.82, 2.24) is 19.6 Å². The number of fused-ring (bicyclic) bond motifs is 1. The summed E-state index contributed by atoms with van der Waals surface area (Å²) in [4.78, 5) is 4.06. The van der Waals surface area contributed by atoms with Crippen LogP contribution in [0.1, 0.15) is 5.56 Å². The number of nitrogen functional groups attached to an aromatic ring is 1. The van der Waals surface area contributed by atoms with E-state index >= 15 is 0 Å². The van der Waals surface area contributed by atoms with E-state index in [1.807, 2.05) is 35.7 Å². The summed E-state index contributed by atoms with van der Waals surface area (Å²) >= 11 is 0. The molecule has 3 aromatic heterocycles. The molecule has 0 amide bonds. The quantitative estimate of drug-likeness (QED) is 0.684. The number of hydrogen-bond acceptors (Lipinski definition) is 4. The molecular formula is C12H11N5. The van der Waals surface area contributed by atoms with E-state index in [1.165, 1.54) is 0 Å². The van der Waals surface area contributed by atoms with Gasteiger partial charge >= 0.3 is 0 Å². The molecule has 0 saturated heterocycles. The van der Waals surface area contributed by atoms with Gasteiger partial charge in [-0.2, -0.15) is 0 Å². The average Bonchev–Trinajstić information content (AvgIpc) is 2.71. The van der Waals surface area contributed by atoms with Gasteiger partial charge in [0.25, 0.3) is 0 Å². The van der Waals surface area contributed by atoms with E-state index in [0.717, 1.165) is 22.6 Å². The van der Waals surface area contributed by atoms with E-state index in [4.69, 9.17) is 5.73 Å².